The molecule has 2 aromatic heterocycles. The molecule has 0 bridgehead atoms. The molecule has 0 aliphatic heterocycles. The lowest BCUT2D eigenvalue weighted by Crippen LogP contribution is -2.05. The number of nitrogens with one attached hydrogen (secondary N) is 2. The Bertz CT molecular complexity index is 1570. The average Bonchev–Trinajstić information content (AvgIpc) is 3.27. The van der Waals surface area contributed by atoms with Crippen molar-refractivity contribution >= 4 is 62.3 Å². The minimum atomic E-state index is -0.450. The quantitative estimate of drug-likeness (QED) is 0.156. The number of nitro groups is 1. The van der Waals surface area contributed by atoms with Crippen LogP contribution in [0.2, 0.25) is 0 Å². The van der Waals surface area contributed by atoms with Crippen molar-refractivity contribution in [3.05, 3.63) is 82.4 Å². The Morgan fingerprint density at radius 1 is 0.946 bits per heavy atom. The molecule has 0 unspecified atom stereocenters. The Balaban J connectivity index is 1.46. The molecule has 0 amide bonds. The maximum atomic E-state index is 11.2. The molecule has 0 radical (unpaired) electrons. The Morgan fingerprint density at radius 3 is 2.43 bits per heavy atom. The smallest absolute Gasteiger partial charge is 0.271 e. The molecule has 0 aliphatic carbocycles. The van der Waals surface area contributed by atoms with Crippen LogP contribution in [0.5, 0.6) is 5.75 Å². The van der Waals surface area contributed by atoms with Gasteiger partial charge in [-0.2, -0.15) is 15.0 Å². The summed E-state index contributed by atoms with van der Waals surface area (Å²) in [4.78, 5) is 29.0. The number of nitro benzene ring substituents is 1. The monoisotopic (exact) mass is 531 g/mol. The highest BCUT2D eigenvalue weighted by molar-refractivity contribution is 8.01. The summed E-state index contributed by atoms with van der Waals surface area (Å²) in [6.45, 7) is 4.55. The van der Waals surface area contributed by atoms with Crippen molar-refractivity contribution in [2.24, 2.45) is 0 Å². The van der Waals surface area contributed by atoms with Gasteiger partial charge in [-0.25, -0.2) is 4.98 Å². The average molecular weight is 532 g/mol. The van der Waals surface area contributed by atoms with Crippen LogP contribution in [-0.2, 0) is 0 Å². The fraction of sp³-hybridized carbons (Fsp3) is 0.120. The maximum Gasteiger partial charge on any atom is 0.271 e. The number of aryl methyl sites for hydroxylation is 1. The number of hydrogen-bond acceptors (Lipinski definition) is 11. The van der Waals surface area contributed by atoms with Gasteiger partial charge in [0, 0.05) is 23.5 Å². The van der Waals surface area contributed by atoms with Crippen LogP contribution in [0.1, 0.15) is 12.5 Å². The first kappa shape index (κ1) is 24.4. The number of thiazole rings is 1. The molecule has 0 saturated heterocycles. The van der Waals surface area contributed by atoms with Gasteiger partial charge >= 0.3 is 0 Å². The number of hydrogen-bond donors (Lipinski definition) is 2. The number of rotatable bonds is 9. The number of aromatic nitrogens is 4. The number of fused-ring (bicyclic) bond motifs is 1. The molecular weight excluding hydrogens is 510 g/mol. The van der Waals surface area contributed by atoms with Crippen LogP contribution in [0.15, 0.2) is 76.2 Å². The summed E-state index contributed by atoms with van der Waals surface area (Å²) in [5, 5.41) is 17.9. The van der Waals surface area contributed by atoms with Gasteiger partial charge < -0.3 is 15.4 Å². The molecule has 12 heteroatoms. The summed E-state index contributed by atoms with van der Waals surface area (Å²) in [6.07, 6.45) is 0. The summed E-state index contributed by atoms with van der Waals surface area (Å²) in [5.41, 5.74) is 3.26. The van der Waals surface area contributed by atoms with Crippen LogP contribution in [0, 0.1) is 17.0 Å². The van der Waals surface area contributed by atoms with Gasteiger partial charge in [-0.3, -0.25) is 10.1 Å². The van der Waals surface area contributed by atoms with E-state index >= 15 is 0 Å². The van der Waals surface area contributed by atoms with Gasteiger partial charge in [0.25, 0.3) is 5.69 Å². The van der Waals surface area contributed by atoms with E-state index in [1.165, 1.54) is 35.2 Å². The third kappa shape index (κ3) is 6.11. The van der Waals surface area contributed by atoms with Crippen molar-refractivity contribution in [3.63, 3.8) is 0 Å². The molecular formula is C25H21N7O3S2. The van der Waals surface area contributed by atoms with Crippen LogP contribution in [0.3, 0.4) is 0 Å². The lowest BCUT2D eigenvalue weighted by molar-refractivity contribution is -0.384. The van der Waals surface area contributed by atoms with Crippen LogP contribution < -0.4 is 15.4 Å². The molecule has 10 nitrogen and oxygen atoms in total. The normalized spacial score (nSPS) is 10.9. The van der Waals surface area contributed by atoms with Gasteiger partial charge in [-0.15, -0.1) is 11.3 Å². The maximum absolute atomic E-state index is 11.2. The Labute approximate surface area is 220 Å². The minimum Gasteiger partial charge on any atom is -0.494 e. The molecule has 0 spiro atoms. The zero-order chi connectivity index (χ0) is 25.8. The first-order valence-electron chi connectivity index (χ1n) is 11.3. The highest BCUT2D eigenvalue weighted by Crippen LogP contribution is 2.35. The molecule has 0 aliphatic rings. The Hall–Kier alpha value is -4.29. The van der Waals surface area contributed by atoms with Crippen molar-refractivity contribution in [2.75, 3.05) is 17.2 Å². The third-order valence-corrected chi connectivity index (χ3v) is 7.01. The summed E-state index contributed by atoms with van der Waals surface area (Å²) >= 11 is 2.82. The number of nitrogens with zero attached hydrogens (tertiary/aromatic N) is 5. The summed E-state index contributed by atoms with van der Waals surface area (Å²) in [5.74, 6) is 1.37. The van der Waals surface area contributed by atoms with Crippen LogP contribution in [0.4, 0.5) is 29.0 Å². The fourth-order valence-corrected chi connectivity index (χ4v) is 5.32. The minimum absolute atomic E-state index is 0.0347. The summed E-state index contributed by atoms with van der Waals surface area (Å²) < 4.78 is 7.35. The van der Waals surface area contributed by atoms with Crippen molar-refractivity contribution in [1.82, 2.24) is 19.9 Å². The molecule has 5 rings (SSSR count). The molecule has 0 fully saturated rings. The third-order valence-electron chi connectivity index (χ3n) is 5.07. The first-order valence-corrected chi connectivity index (χ1v) is 12.9. The molecule has 3 aromatic carbocycles. The molecule has 0 saturated carbocycles. The molecule has 0 atom stereocenters. The zero-order valence-corrected chi connectivity index (χ0v) is 21.5. The molecule has 37 heavy (non-hydrogen) atoms. The van der Waals surface area contributed by atoms with Crippen LogP contribution in [0.25, 0.3) is 10.2 Å². The zero-order valence-electron chi connectivity index (χ0n) is 19.8. The number of anilines is 4. The molecule has 2 N–H and O–H groups in total. The standard InChI is InChI=1S/C25H21N7O3S2/c1-3-35-19-11-12-20-21(14-19)36-25(28-20)37-24-30-22(26-16-9-7-15(2)8-10-16)29-23(31-24)27-17-5-4-6-18(13-17)32(33)34/h4-14H,3H2,1-2H3,(H2,26,27,29,30,31). The van der Waals surface area contributed by atoms with Gasteiger partial charge in [0.15, 0.2) is 4.34 Å². The lowest BCUT2D eigenvalue weighted by atomic mass is 10.2. The van der Waals surface area contributed by atoms with Crippen LogP contribution in [-0.4, -0.2) is 31.5 Å². The topological polar surface area (TPSA) is 128 Å². The van der Waals surface area contributed by atoms with E-state index in [2.05, 4.69) is 30.6 Å². The van der Waals surface area contributed by atoms with Crippen molar-refractivity contribution in [2.45, 2.75) is 23.3 Å². The highest BCUT2D eigenvalue weighted by atomic mass is 32.2. The number of non-ortho nitro benzene ring substituents is 1. The Kier molecular flexibility index (Phi) is 7.10. The molecule has 2 heterocycles. The SMILES string of the molecule is CCOc1ccc2nc(Sc3nc(Nc4ccc(C)cc4)nc(Nc4cccc([N+](=O)[O-])c4)n3)sc2c1. The largest absolute Gasteiger partial charge is 0.494 e. The van der Waals surface area contributed by atoms with E-state index in [0.717, 1.165) is 31.6 Å². The summed E-state index contributed by atoms with van der Waals surface area (Å²) in [7, 11) is 0. The number of benzene rings is 3. The van der Waals surface area contributed by atoms with E-state index in [0.29, 0.717) is 23.4 Å². The predicted molar refractivity (Wildman–Crippen MR) is 146 cm³/mol. The van der Waals surface area contributed by atoms with E-state index in [-0.39, 0.29) is 11.6 Å². The van der Waals surface area contributed by atoms with E-state index in [9.17, 15) is 10.1 Å². The lowest BCUT2D eigenvalue weighted by Gasteiger charge is -2.10. The van der Waals surface area contributed by atoms with E-state index in [4.69, 9.17) is 4.74 Å². The van der Waals surface area contributed by atoms with E-state index in [1.807, 2.05) is 56.3 Å². The van der Waals surface area contributed by atoms with Gasteiger partial charge in [-0.1, -0.05) is 23.8 Å². The Morgan fingerprint density at radius 2 is 1.70 bits per heavy atom. The second kappa shape index (κ2) is 10.8. The van der Waals surface area contributed by atoms with E-state index < -0.39 is 4.92 Å². The van der Waals surface area contributed by atoms with Crippen molar-refractivity contribution < 1.29 is 9.66 Å². The van der Waals surface area contributed by atoms with Gasteiger partial charge in [0.1, 0.15) is 5.75 Å². The van der Waals surface area contributed by atoms with Gasteiger partial charge in [0.2, 0.25) is 17.1 Å². The predicted octanol–water partition coefficient (Wildman–Crippen LogP) is 6.74. The second-order valence-corrected chi connectivity index (χ2v) is 10.1. The van der Waals surface area contributed by atoms with Gasteiger partial charge in [0.05, 0.1) is 21.7 Å². The van der Waals surface area contributed by atoms with E-state index in [1.54, 1.807) is 12.1 Å². The number of ether oxygens (including phenoxy) is 1. The molecule has 5 aromatic rings. The fourth-order valence-electron chi connectivity index (χ4n) is 3.37. The van der Waals surface area contributed by atoms with Crippen molar-refractivity contribution in [1.29, 1.82) is 0 Å². The van der Waals surface area contributed by atoms with Gasteiger partial charge in [-0.05, 0) is 62.0 Å². The van der Waals surface area contributed by atoms with Crippen LogP contribution >= 0.6 is 23.1 Å². The second-order valence-electron chi connectivity index (χ2n) is 7.83. The summed E-state index contributed by atoms with van der Waals surface area (Å²) in [6, 6.07) is 19.8. The van der Waals surface area contributed by atoms with Crippen molar-refractivity contribution in [3.8, 4) is 5.75 Å². The highest BCUT2D eigenvalue weighted by Gasteiger charge is 2.14. The first-order chi connectivity index (χ1) is 17.9. The molecule has 186 valence electrons.